The maximum absolute atomic E-state index is 6.04. The lowest BCUT2D eigenvalue weighted by atomic mass is 10.0. The summed E-state index contributed by atoms with van der Waals surface area (Å²) in [5, 5.41) is 1.15. The second kappa shape index (κ2) is 5.35. The lowest BCUT2D eigenvalue weighted by Crippen LogP contribution is -2.12. The SMILES string of the molecule is Cl.N[C@@H](CC1CC1)c1c(Cl)cncc1Cl. The fraction of sp³-hybridized carbons (Fsp3) is 0.500. The van der Waals surface area contributed by atoms with Crippen molar-refractivity contribution in [2.24, 2.45) is 11.7 Å². The first-order valence-corrected chi connectivity index (χ1v) is 5.48. The minimum Gasteiger partial charge on any atom is -0.324 e. The zero-order chi connectivity index (χ0) is 10.1. The molecule has 1 aromatic heterocycles. The van der Waals surface area contributed by atoms with Gasteiger partial charge in [0.15, 0.2) is 0 Å². The third kappa shape index (κ3) is 3.22. The maximum Gasteiger partial charge on any atom is 0.0651 e. The molecule has 0 radical (unpaired) electrons. The van der Waals surface area contributed by atoms with Crippen molar-refractivity contribution in [3.8, 4) is 0 Å². The third-order valence-corrected chi connectivity index (χ3v) is 3.15. The summed E-state index contributed by atoms with van der Waals surface area (Å²) in [6.45, 7) is 0. The van der Waals surface area contributed by atoms with Gasteiger partial charge in [-0.3, -0.25) is 4.98 Å². The minimum atomic E-state index is -0.0505. The molecule has 0 saturated heterocycles. The van der Waals surface area contributed by atoms with Crippen LogP contribution in [0.1, 0.15) is 30.9 Å². The highest BCUT2D eigenvalue weighted by Crippen LogP contribution is 2.39. The van der Waals surface area contributed by atoms with Gasteiger partial charge in [-0.2, -0.15) is 0 Å². The second-order valence-corrected chi connectivity index (χ2v) is 4.62. The Labute approximate surface area is 106 Å². The largest absolute Gasteiger partial charge is 0.324 e. The van der Waals surface area contributed by atoms with E-state index in [0.29, 0.717) is 10.0 Å². The quantitative estimate of drug-likeness (QED) is 0.908. The van der Waals surface area contributed by atoms with Crippen LogP contribution in [0.15, 0.2) is 12.4 Å². The van der Waals surface area contributed by atoms with Gasteiger partial charge in [0.1, 0.15) is 0 Å². The van der Waals surface area contributed by atoms with E-state index in [9.17, 15) is 0 Å². The summed E-state index contributed by atoms with van der Waals surface area (Å²) >= 11 is 12.0. The minimum absolute atomic E-state index is 0. The summed E-state index contributed by atoms with van der Waals surface area (Å²) in [4.78, 5) is 3.90. The molecule has 0 amide bonds. The van der Waals surface area contributed by atoms with Gasteiger partial charge >= 0.3 is 0 Å². The van der Waals surface area contributed by atoms with Crippen LogP contribution in [0.4, 0.5) is 0 Å². The van der Waals surface area contributed by atoms with Crippen LogP contribution in [-0.2, 0) is 0 Å². The van der Waals surface area contributed by atoms with E-state index >= 15 is 0 Å². The van der Waals surface area contributed by atoms with Crippen LogP contribution in [0.2, 0.25) is 10.0 Å². The first kappa shape index (κ1) is 13.0. The van der Waals surface area contributed by atoms with Crippen LogP contribution in [0.3, 0.4) is 0 Å². The summed E-state index contributed by atoms with van der Waals surface area (Å²) < 4.78 is 0. The van der Waals surface area contributed by atoms with Gasteiger partial charge in [-0.1, -0.05) is 36.0 Å². The van der Waals surface area contributed by atoms with Gasteiger partial charge in [0.25, 0.3) is 0 Å². The fourth-order valence-electron chi connectivity index (χ4n) is 1.61. The summed E-state index contributed by atoms with van der Waals surface area (Å²) in [5.74, 6) is 0.769. The molecule has 1 aromatic rings. The van der Waals surface area contributed by atoms with Crippen molar-refractivity contribution < 1.29 is 0 Å². The fourth-order valence-corrected chi connectivity index (χ4v) is 2.25. The molecule has 2 rings (SSSR count). The van der Waals surface area contributed by atoms with Crippen LogP contribution in [0.25, 0.3) is 0 Å². The monoisotopic (exact) mass is 266 g/mol. The highest BCUT2D eigenvalue weighted by molar-refractivity contribution is 6.35. The highest BCUT2D eigenvalue weighted by atomic mass is 35.5. The number of aromatic nitrogens is 1. The molecule has 0 bridgehead atoms. The topological polar surface area (TPSA) is 38.9 Å². The average Bonchev–Trinajstić information content (AvgIpc) is 2.87. The van der Waals surface area contributed by atoms with Gasteiger partial charge in [-0.15, -0.1) is 12.4 Å². The van der Waals surface area contributed by atoms with Crippen LogP contribution in [0.5, 0.6) is 0 Å². The predicted molar refractivity (Wildman–Crippen MR) is 65.8 cm³/mol. The second-order valence-electron chi connectivity index (χ2n) is 3.80. The lowest BCUT2D eigenvalue weighted by molar-refractivity contribution is 0.597. The molecular weight excluding hydrogens is 254 g/mol. The number of halogens is 3. The Morgan fingerprint density at radius 3 is 2.33 bits per heavy atom. The first-order chi connectivity index (χ1) is 6.68. The summed E-state index contributed by atoms with van der Waals surface area (Å²) in [6, 6.07) is -0.0505. The predicted octanol–water partition coefficient (Wildman–Crippen LogP) is 3.61. The third-order valence-electron chi connectivity index (χ3n) is 2.55. The van der Waals surface area contributed by atoms with E-state index in [1.54, 1.807) is 12.4 Å². The van der Waals surface area contributed by atoms with E-state index in [4.69, 9.17) is 28.9 Å². The number of pyridine rings is 1. The molecule has 0 aliphatic heterocycles. The molecular formula is C10H13Cl3N2. The van der Waals surface area contributed by atoms with Gasteiger partial charge in [0, 0.05) is 24.0 Å². The Morgan fingerprint density at radius 2 is 1.87 bits per heavy atom. The smallest absolute Gasteiger partial charge is 0.0651 e. The van der Waals surface area contributed by atoms with E-state index < -0.39 is 0 Å². The molecule has 1 saturated carbocycles. The van der Waals surface area contributed by atoms with E-state index in [1.165, 1.54) is 12.8 Å². The Kier molecular flexibility index (Phi) is 4.65. The Morgan fingerprint density at radius 1 is 1.33 bits per heavy atom. The number of nitrogens with zero attached hydrogens (tertiary/aromatic N) is 1. The molecule has 1 aliphatic carbocycles. The van der Waals surface area contributed by atoms with Gasteiger partial charge in [0.05, 0.1) is 10.0 Å². The molecule has 15 heavy (non-hydrogen) atoms. The van der Waals surface area contributed by atoms with E-state index in [2.05, 4.69) is 4.98 Å². The van der Waals surface area contributed by atoms with Gasteiger partial charge in [-0.05, 0) is 12.3 Å². The zero-order valence-corrected chi connectivity index (χ0v) is 10.4. The first-order valence-electron chi connectivity index (χ1n) is 4.73. The molecule has 5 heteroatoms. The number of nitrogens with two attached hydrogens (primary N) is 1. The van der Waals surface area contributed by atoms with Crippen molar-refractivity contribution in [3.05, 3.63) is 28.0 Å². The summed E-state index contributed by atoms with van der Waals surface area (Å²) in [7, 11) is 0. The van der Waals surface area contributed by atoms with Crippen LogP contribution in [-0.4, -0.2) is 4.98 Å². The van der Waals surface area contributed by atoms with Crippen LogP contribution in [0, 0.1) is 5.92 Å². The van der Waals surface area contributed by atoms with Crippen LogP contribution >= 0.6 is 35.6 Å². The van der Waals surface area contributed by atoms with Gasteiger partial charge in [0.2, 0.25) is 0 Å². The van der Waals surface area contributed by atoms with E-state index in [-0.39, 0.29) is 18.4 Å². The molecule has 2 nitrogen and oxygen atoms in total. The molecule has 0 aromatic carbocycles. The molecule has 0 unspecified atom stereocenters. The van der Waals surface area contributed by atoms with Crippen LogP contribution < -0.4 is 5.73 Å². The molecule has 1 atom stereocenters. The molecule has 0 spiro atoms. The van der Waals surface area contributed by atoms with E-state index in [0.717, 1.165) is 17.9 Å². The Balaban J connectivity index is 0.00000112. The molecule has 84 valence electrons. The number of rotatable bonds is 3. The molecule has 2 N–H and O–H groups in total. The standard InChI is InChI=1S/C10H12Cl2N2.ClH/c11-7-4-14-5-8(12)10(7)9(13)3-6-1-2-6;/h4-6,9H,1-3,13H2;1H/t9-;/m0./s1. The number of hydrogen-bond donors (Lipinski definition) is 1. The molecule has 1 fully saturated rings. The van der Waals surface area contributed by atoms with Crippen molar-refractivity contribution in [1.82, 2.24) is 4.98 Å². The molecule has 1 aliphatic rings. The number of hydrogen-bond acceptors (Lipinski definition) is 2. The van der Waals surface area contributed by atoms with E-state index in [1.807, 2.05) is 0 Å². The molecule has 1 heterocycles. The van der Waals surface area contributed by atoms with Crippen molar-refractivity contribution in [2.45, 2.75) is 25.3 Å². The summed E-state index contributed by atoms with van der Waals surface area (Å²) in [5.41, 5.74) is 6.88. The Bertz CT molecular complexity index is 319. The van der Waals surface area contributed by atoms with Gasteiger partial charge in [-0.25, -0.2) is 0 Å². The normalized spacial score (nSPS) is 17.0. The van der Waals surface area contributed by atoms with Crippen molar-refractivity contribution in [1.29, 1.82) is 0 Å². The lowest BCUT2D eigenvalue weighted by Gasteiger charge is -2.14. The highest BCUT2D eigenvalue weighted by Gasteiger charge is 2.26. The van der Waals surface area contributed by atoms with Gasteiger partial charge < -0.3 is 5.73 Å². The Hall–Kier alpha value is -0.0200. The summed E-state index contributed by atoms with van der Waals surface area (Å²) in [6.07, 6.45) is 6.73. The average molecular weight is 268 g/mol. The maximum atomic E-state index is 6.04. The van der Waals surface area contributed by atoms with Crippen molar-refractivity contribution >= 4 is 35.6 Å². The van der Waals surface area contributed by atoms with Crippen molar-refractivity contribution in [3.63, 3.8) is 0 Å². The van der Waals surface area contributed by atoms with Crippen molar-refractivity contribution in [2.75, 3.05) is 0 Å². The zero-order valence-electron chi connectivity index (χ0n) is 8.12.